The van der Waals surface area contributed by atoms with Crippen molar-refractivity contribution in [2.45, 2.75) is 50.9 Å². The molecule has 4 nitrogen and oxygen atoms in total. The van der Waals surface area contributed by atoms with E-state index in [-0.39, 0.29) is 0 Å². The number of hydrogen-bond acceptors (Lipinski definition) is 4. The van der Waals surface area contributed by atoms with Gasteiger partial charge in [0.25, 0.3) is 0 Å². The van der Waals surface area contributed by atoms with Gasteiger partial charge in [-0.25, -0.2) is 0 Å². The zero-order valence-corrected chi connectivity index (χ0v) is 15.0. The van der Waals surface area contributed by atoms with Gasteiger partial charge in [-0.3, -0.25) is 4.90 Å². The standard InChI is InChI=1S/C20H22F3N3O/c21-20(22,23)16-3-1-15(2-4-16)19-24-18(27-25-19)11-26-10-14-6-12-5-13(7-14)9-17(26)8-12/h1-4,12-14,17H,5-11H2/t12-,13+,14?,17?. The fourth-order valence-corrected chi connectivity index (χ4v) is 5.49. The number of hydrogen-bond donors (Lipinski definition) is 0. The molecule has 2 saturated carbocycles. The van der Waals surface area contributed by atoms with E-state index < -0.39 is 11.7 Å². The molecule has 2 saturated heterocycles. The molecule has 144 valence electrons. The normalized spacial score (nSPS) is 30.6. The molecular formula is C20H22F3N3O. The SMILES string of the molecule is FC(F)(F)c1ccc(-c2noc(CN3CC4C[C@@H]5CC3C[C@H](C4)C5)n2)cc1. The van der Waals surface area contributed by atoms with Gasteiger partial charge in [0.2, 0.25) is 11.7 Å². The van der Waals surface area contributed by atoms with Crippen LogP contribution in [0.3, 0.4) is 0 Å². The molecule has 2 aromatic rings. The number of benzene rings is 1. The van der Waals surface area contributed by atoms with Crippen molar-refractivity contribution >= 4 is 0 Å². The summed E-state index contributed by atoms with van der Waals surface area (Å²) in [7, 11) is 0. The second-order valence-corrected chi connectivity index (χ2v) is 8.45. The first-order valence-corrected chi connectivity index (χ1v) is 9.68. The fraction of sp³-hybridized carbons (Fsp3) is 0.600. The third-order valence-electron chi connectivity index (χ3n) is 6.50. The maximum absolute atomic E-state index is 12.7. The zero-order valence-electron chi connectivity index (χ0n) is 15.0. The smallest absolute Gasteiger partial charge is 0.338 e. The van der Waals surface area contributed by atoms with E-state index in [1.165, 1.54) is 44.2 Å². The molecule has 27 heavy (non-hydrogen) atoms. The minimum absolute atomic E-state index is 0.347. The highest BCUT2D eigenvalue weighted by Gasteiger charge is 2.42. The number of rotatable bonds is 3. The van der Waals surface area contributed by atoms with Crippen LogP contribution in [0.5, 0.6) is 0 Å². The molecule has 0 spiro atoms. The molecule has 1 aromatic heterocycles. The summed E-state index contributed by atoms with van der Waals surface area (Å²) in [5.74, 6) is 3.43. The molecule has 0 N–H and O–H groups in total. The second kappa shape index (κ2) is 6.33. The summed E-state index contributed by atoms with van der Waals surface area (Å²) in [6, 6.07) is 5.49. The average Bonchev–Trinajstić information content (AvgIpc) is 3.00. The monoisotopic (exact) mass is 377 g/mol. The van der Waals surface area contributed by atoms with E-state index in [1.807, 2.05) is 0 Å². The van der Waals surface area contributed by atoms with Gasteiger partial charge in [0.15, 0.2) is 0 Å². The van der Waals surface area contributed by atoms with E-state index in [0.29, 0.717) is 29.9 Å². The topological polar surface area (TPSA) is 42.2 Å². The van der Waals surface area contributed by atoms with Crippen molar-refractivity contribution in [2.24, 2.45) is 17.8 Å². The predicted molar refractivity (Wildman–Crippen MR) is 92.5 cm³/mol. The van der Waals surface area contributed by atoms with Gasteiger partial charge in [0, 0.05) is 18.2 Å². The van der Waals surface area contributed by atoms with Gasteiger partial charge in [-0.1, -0.05) is 17.3 Å². The number of fused-ring (bicyclic) bond motifs is 1. The number of aromatic nitrogens is 2. The highest BCUT2D eigenvalue weighted by atomic mass is 19.4. The van der Waals surface area contributed by atoms with Crippen LogP contribution in [0.15, 0.2) is 28.8 Å². The van der Waals surface area contributed by atoms with Gasteiger partial charge in [-0.15, -0.1) is 0 Å². The third-order valence-corrected chi connectivity index (χ3v) is 6.50. The largest absolute Gasteiger partial charge is 0.416 e. The molecule has 4 fully saturated rings. The van der Waals surface area contributed by atoms with Crippen molar-refractivity contribution in [3.05, 3.63) is 35.7 Å². The Balaban J connectivity index is 1.31. The molecule has 4 aliphatic rings. The first-order valence-electron chi connectivity index (χ1n) is 9.68. The summed E-state index contributed by atoms with van der Waals surface area (Å²) in [5, 5.41) is 3.98. The van der Waals surface area contributed by atoms with Gasteiger partial charge in [0.05, 0.1) is 12.1 Å². The van der Waals surface area contributed by atoms with Gasteiger partial charge < -0.3 is 4.52 Å². The molecule has 6 rings (SSSR count). The second-order valence-electron chi connectivity index (χ2n) is 8.45. The molecule has 7 heteroatoms. The van der Waals surface area contributed by atoms with E-state index in [2.05, 4.69) is 15.0 Å². The quantitative estimate of drug-likeness (QED) is 0.773. The van der Waals surface area contributed by atoms with Crippen molar-refractivity contribution < 1.29 is 17.7 Å². The van der Waals surface area contributed by atoms with Crippen molar-refractivity contribution in [2.75, 3.05) is 6.54 Å². The molecule has 1 aromatic carbocycles. The van der Waals surface area contributed by atoms with Crippen LogP contribution in [-0.4, -0.2) is 27.6 Å². The molecule has 0 radical (unpaired) electrons. The third kappa shape index (κ3) is 3.37. The fourth-order valence-electron chi connectivity index (χ4n) is 5.49. The lowest BCUT2D eigenvalue weighted by molar-refractivity contribution is -0.137. The summed E-state index contributed by atoms with van der Waals surface area (Å²) in [4.78, 5) is 6.93. The van der Waals surface area contributed by atoms with E-state index in [0.717, 1.165) is 36.4 Å². The molecule has 0 amide bonds. The molecule has 2 aliphatic carbocycles. The lowest BCUT2D eigenvalue weighted by atomic mass is 9.68. The van der Waals surface area contributed by atoms with Gasteiger partial charge in [0.1, 0.15) is 0 Å². The molecule has 3 heterocycles. The van der Waals surface area contributed by atoms with Crippen molar-refractivity contribution in [1.29, 1.82) is 0 Å². The van der Waals surface area contributed by atoms with Crippen LogP contribution in [0, 0.1) is 17.8 Å². The summed E-state index contributed by atoms with van der Waals surface area (Å²) in [6.07, 6.45) is 2.31. The van der Waals surface area contributed by atoms with Crippen molar-refractivity contribution in [1.82, 2.24) is 15.0 Å². The first kappa shape index (κ1) is 17.2. The Morgan fingerprint density at radius 2 is 1.63 bits per heavy atom. The summed E-state index contributed by atoms with van der Waals surface area (Å²) in [6.45, 7) is 1.73. The highest BCUT2D eigenvalue weighted by Crippen LogP contribution is 2.47. The van der Waals surface area contributed by atoms with Crippen LogP contribution in [0.25, 0.3) is 11.4 Å². The zero-order chi connectivity index (χ0) is 18.6. The Bertz CT molecular complexity index is 803. The molecule has 4 atom stereocenters. The Morgan fingerprint density at radius 1 is 0.963 bits per heavy atom. The maximum atomic E-state index is 12.7. The average molecular weight is 377 g/mol. The molecule has 4 bridgehead atoms. The van der Waals surface area contributed by atoms with E-state index in [4.69, 9.17) is 4.52 Å². The van der Waals surface area contributed by atoms with Crippen LogP contribution < -0.4 is 0 Å². The number of alkyl halides is 3. The Hall–Kier alpha value is -1.89. The number of halogens is 3. The van der Waals surface area contributed by atoms with Gasteiger partial charge >= 0.3 is 6.18 Å². The highest BCUT2D eigenvalue weighted by molar-refractivity contribution is 5.54. The van der Waals surface area contributed by atoms with Gasteiger partial charge in [-0.05, 0) is 62.0 Å². The van der Waals surface area contributed by atoms with Crippen LogP contribution in [0.2, 0.25) is 0 Å². The van der Waals surface area contributed by atoms with Crippen molar-refractivity contribution in [3.63, 3.8) is 0 Å². The lowest BCUT2D eigenvalue weighted by Crippen LogP contribution is -2.37. The van der Waals surface area contributed by atoms with E-state index >= 15 is 0 Å². The molecule has 2 unspecified atom stereocenters. The number of nitrogens with zero attached hydrogens (tertiary/aromatic N) is 3. The Labute approximate surface area is 155 Å². The maximum Gasteiger partial charge on any atom is 0.416 e. The van der Waals surface area contributed by atoms with Crippen molar-refractivity contribution in [3.8, 4) is 11.4 Å². The van der Waals surface area contributed by atoms with Gasteiger partial charge in [-0.2, -0.15) is 18.2 Å². The minimum Gasteiger partial charge on any atom is -0.338 e. The Kier molecular flexibility index (Phi) is 4.04. The van der Waals surface area contributed by atoms with Crippen LogP contribution in [-0.2, 0) is 12.7 Å². The predicted octanol–water partition coefficient (Wildman–Crippen LogP) is 4.77. The summed E-state index contributed by atoms with van der Waals surface area (Å²) >= 11 is 0. The lowest BCUT2D eigenvalue weighted by Gasteiger charge is -2.38. The van der Waals surface area contributed by atoms with Crippen LogP contribution in [0.4, 0.5) is 13.2 Å². The Morgan fingerprint density at radius 3 is 2.30 bits per heavy atom. The molecule has 2 aliphatic heterocycles. The summed E-state index contributed by atoms with van der Waals surface area (Å²) in [5.41, 5.74) is -0.140. The summed E-state index contributed by atoms with van der Waals surface area (Å²) < 4.78 is 43.5. The van der Waals surface area contributed by atoms with E-state index in [9.17, 15) is 13.2 Å². The van der Waals surface area contributed by atoms with Crippen LogP contribution >= 0.6 is 0 Å². The first-order chi connectivity index (χ1) is 12.9. The minimum atomic E-state index is -4.34. The van der Waals surface area contributed by atoms with E-state index in [1.54, 1.807) is 0 Å². The van der Waals surface area contributed by atoms with Crippen LogP contribution in [0.1, 0.15) is 43.6 Å². The molecular weight excluding hydrogens is 355 g/mol.